The molecule has 0 unspecified atom stereocenters. The molecule has 1 N–H and O–H groups in total. The summed E-state index contributed by atoms with van der Waals surface area (Å²) in [4.78, 5) is 21.2. The second kappa shape index (κ2) is 9.72. The molecule has 0 saturated carbocycles. The summed E-state index contributed by atoms with van der Waals surface area (Å²) in [7, 11) is 0. The minimum atomic E-state index is -0.0813. The Kier molecular flexibility index (Phi) is 6.58. The molecule has 4 rings (SSSR count). The number of carbonyl (C=O) groups is 1. The van der Waals surface area contributed by atoms with Gasteiger partial charge in [0.15, 0.2) is 0 Å². The van der Waals surface area contributed by atoms with E-state index < -0.39 is 0 Å². The number of hydrogen-bond donors (Lipinski definition) is 1. The quantitative estimate of drug-likeness (QED) is 0.609. The molecule has 0 aliphatic carbocycles. The highest BCUT2D eigenvalue weighted by Gasteiger charge is 2.21. The van der Waals surface area contributed by atoms with Crippen LogP contribution in [0.1, 0.15) is 32.6 Å². The van der Waals surface area contributed by atoms with Crippen LogP contribution in [-0.4, -0.2) is 53.9 Å². The highest BCUT2D eigenvalue weighted by atomic mass is 16.5. The van der Waals surface area contributed by atoms with E-state index in [4.69, 9.17) is 9.26 Å². The third-order valence-corrected chi connectivity index (χ3v) is 5.41. The number of benzene rings is 2. The SMILES string of the molecule is CCOc1ccc(NC(=O)N2CCN(c3ccc(-c4noc(C(C)C)n4)cc3)CC2)cc1. The molecule has 0 bridgehead atoms. The summed E-state index contributed by atoms with van der Waals surface area (Å²) in [6, 6.07) is 15.5. The Morgan fingerprint density at radius 1 is 1.06 bits per heavy atom. The number of piperazine rings is 1. The molecule has 1 fully saturated rings. The van der Waals surface area contributed by atoms with Crippen LogP contribution in [0.3, 0.4) is 0 Å². The van der Waals surface area contributed by atoms with Crippen LogP contribution in [0.25, 0.3) is 11.4 Å². The highest BCUT2D eigenvalue weighted by Crippen LogP contribution is 2.24. The first-order chi connectivity index (χ1) is 15.5. The van der Waals surface area contributed by atoms with Crippen molar-refractivity contribution in [3.05, 3.63) is 54.4 Å². The summed E-state index contributed by atoms with van der Waals surface area (Å²) in [5, 5.41) is 7.03. The van der Waals surface area contributed by atoms with E-state index >= 15 is 0 Å². The third kappa shape index (κ3) is 5.01. The Morgan fingerprint density at radius 2 is 1.75 bits per heavy atom. The number of urea groups is 1. The van der Waals surface area contributed by atoms with Crippen molar-refractivity contribution >= 4 is 17.4 Å². The minimum Gasteiger partial charge on any atom is -0.494 e. The third-order valence-electron chi connectivity index (χ3n) is 5.41. The van der Waals surface area contributed by atoms with Gasteiger partial charge in [-0.15, -0.1) is 0 Å². The summed E-state index contributed by atoms with van der Waals surface area (Å²) in [6.07, 6.45) is 0. The normalized spacial score (nSPS) is 14.0. The lowest BCUT2D eigenvalue weighted by Gasteiger charge is -2.36. The van der Waals surface area contributed by atoms with E-state index in [1.807, 2.05) is 62.1 Å². The molecule has 3 aromatic rings. The maximum atomic E-state index is 12.6. The zero-order chi connectivity index (χ0) is 22.5. The van der Waals surface area contributed by atoms with Gasteiger partial charge in [0.05, 0.1) is 6.61 Å². The number of rotatable bonds is 6. The molecular weight excluding hydrogens is 406 g/mol. The standard InChI is InChI=1S/C24H29N5O3/c1-4-31-21-11-7-19(8-12-21)25-24(30)29-15-13-28(14-16-29)20-9-5-18(6-10-20)22-26-23(17(2)3)32-27-22/h5-12,17H,4,13-16H2,1-3H3,(H,25,30). The maximum Gasteiger partial charge on any atom is 0.321 e. The molecule has 1 aliphatic heterocycles. The molecule has 0 spiro atoms. The predicted octanol–water partition coefficient (Wildman–Crippen LogP) is 4.61. The van der Waals surface area contributed by atoms with Gasteiger partial charge in [0.1, 0.15) is 5.75 Å². The van der Waals surface area contributed by atoms with Crippen molar-refractivity contribution in [2.24, 2.45) is 0 Å². The second-order valence-electron chi connectivity index (χ2n) is 8.02. The number of nitrogens with one attached hydrogen (secondary N) is 1. The number of ether oxygens (including phenoxy) is 1. The van der Waals surface area contributed by atoms with Crippen LogP contribution in [0, 0.1) is 0 Å². The molecule has 8 nitrogen and oxygen atoms in total. The lowest BCUT2D eigenvalue weighted by atomic mass is 10.1. The number of anilines is 2. The van der Waals surface area contributed by atoms with E-state index in [2.05, 4.69) is 32.5 Å². The molecule has 1 saturated heterocycles. The number of carbonyl (C=O) groups excluding carboxylic acids is 1. The van der Waals surface area contributed by atoms with Crippen LogP contribution < -0.4 is 15.0 Å². The fraction of sp³-hybridized carbons (Fsp3) is 0.375. The van der Waals surface area contributed by atoms with Gasteiger partial charge in [-0.2, -0.15) is 4.98 Å². The summed E-state index contributed by atoms with van der Waals surface area (Å²) in [5.41, 5.74) is 2.81. The van der Waals surface area contributed by atoms with Crippen LogP contribution in [0.4, 0.5) is 16.2 Å². The Bertz CT molecular complexity index is 1020. The topological polar surface area (TPSA) is 83.7 Å². The van der Waals surface area contributed by atoms with E-state index in [0.717, 1.165) is 35.8 Å². The molecule has 0 radical (unpaired) electrons. The van der Waals surface area contributed by atoms with E-state index in [1.54, 1.807) is 0 Å². The van der Waals surface area contributed by atoms with Crippen LogP contribution >= 0.6 is 0 Å². The van der Waals surface area contributed by atoms with Crippen molar-refractivity contribution in [1.29, 1.82) is 0 Å². The van der Waals surface area contributed by atoms with E-state index in [9.17, 15) is 4.79 Å². The molecule has 2 amide bonds. The van der Waals surface area contributed by atoms with Crippen molar-refractivity contribution in [2.75, 3.05) is 43.0 Å². The Hall–Kier alpha value is -3.55. The number of aromatic nitrogens is 2. The first kappa shape index (κ1) is 21.7. The van der Waals surface area contributed by atoms with E-state index in [1.165, 1.54) is 0 Å². The van der Waals surface area contributed by atoms with Crippen LogP contribution in [-0.2, 0) is 0 Å². The Labute approximate surface area is 188 Å². The molecule has 1 aliphatic rings. The Morgan fingerprint density at radius 3 is 2.34 bits per heavy atom. The predicted molar refractivity (Wildman–Crippen MR) is 124 cm³/mol. The zero-order valence-electron chi connectivity index (χ0n) is 18.7. The minimum absolute atomic E-state index is 0.0813. The van der Waals surface area contributed by atoms with Crippen LogP contribution in [0.15, 0.2) is 53.1 Å². The van der Waals surface area contributed by atoms with Gasteiger partial charge >= 0.3 is 6.03 Å². The lowest BCUT2D eigenvalue weighted by Crippen LogP contribution is -2.50. The van der Waals surface area contributed by atoms with E-state index in [0.29, 0.717) is 31.4 Å². The molecular formula is C24H29N5O3. The first-order valence-corrected chi connectivity index (χ1v) is 11.0. The number of nitrogens with zero attached hydrogens (tertiary/aromatic N) is 4. The summed E-state index contributed by atoms with van der Waals surface area (Å²) < 4.78 is 10.7. The maximum absolute atomic E-state index is 12.6. The van der Waals surface area contributed by atoms with Gasteiger partial charge in [-0.25, -0.2) is 4.79 Å². The van der Waals surface area contributed by atoms with Gasteiger partial charge in [0.25, 0.3) is 0 Å². The van der Waals surface area contributed by atoms with Crippen molar-refractivity contribution in [2.45, 2.75) is 26.7 Å². The van der Waals surface area contributed by atoms with Gasteiger partial charge in [-0.1, -0.05) is 19.0 Å². The monoisotopic (exact) mass is 435 g/mol. The molecule has 0 atom stereocenters. The highest BCUT2D eigenvalue weighted by molar-refractivity contribution is 5.89. The molecule has 1 aromatic heterocycles. The molecule has 2 heterocycles. The van der Waals surface area contributed by atoms with Gasteiger partial charge < -0.3 is 24.4 Å². The molecule has 32 heavy (non-hydrogen) atoms. The van der Waals surface area contributed by atoms with Crippen molar-refractivity contribution in [1.82, 2.24) is 15.0 Å². The van der Waals surface area contributed by atoms with Crippen molar-refractivity contribution < 1.29 is 14.1 Å². The van der Waals surface area contributed by atoms with Gasteiger partial charge in [-0.3, -0.25) is 0 Å². The van der Waals surface area contributed by atoms with Gasteiger partial charge in [0, 0.05) is 49.0 Å². The van der Waals surface area contributed by atoms with Gasteiger partial charge in [-0.05, 0) is 55.5 Å². The largest absolute Gasteiger partial charge is 0.494 e. The summed E-state index contributed by atoms with van der Waals surface area (Å²) in [5.74, 6) is 2.25. The van der Waals surface area contributed by atoms with Crippen molar-refractivity contribution in [3.8, 4) is 17.1 Å². The van der Waals surface area contributed by atoms with Crippen LogP contribution in [0.2, 0.25) is 0 Å². The fourth-order valence-corrected chi connectivity index (χ4v) is 3.58. The molecule has 168 valence electrons. The average Bonchev–Trinajstić information content (AvgIpc) is 3.32. The van der Waals surface area contributed by atoms with Crippen LogP contribution in [0.5, 0.6) is 5.75 Å². The van der Waals surface area contributed by atoms with E-state index in [-0.39, 0.29) is 11.9 Å². The van der Waals surface area contributed by atoms with Gasteiger partial charge in [0.2, 0.25) is 11.7 Å². The first-order valence-electron chi connectivity index (χ1n) is 11.0. The molecule has 2 aromatic carbocycles. The second-order valence-corrected chi connectivity index (χ2v) is 8.02. The average molecular weight is 436 g/mol. The fourth-order valence-electron chi connectivity index (χ4n) is 3.58. The smallest absolute Gasteiger partial charge is 0.321 e. The Balaban J connectivity index is 1.30. The zero-order valence-corrected chi connectivity index (χ0v) is 18.7. The molecule has 8 heteroatoms. The lowest BCUT2D eigenvalue weighted by molar-refractivity contribution is 0.208. The van der Waals surface area contributed by atoms with Crippen molar-refractivity contribution in [3.63, 3.8) is 0 Å². The number of hydrogen-bond acceptors (Lipinski definition) is 6. The summed E-state index contributed by atoms with van der Waals surface area (Å²) >= 11 is 0. The summed E-state index contributed by atoms with van der Waals surface area (Å²) in [6.45, 7) is 9.48. The number of amides is 2.